The van der Waals surface area contributed by atoms with Gasteiger partial charge in [0.05, 0.1) is 19.3 Å². The van der Waals surface area contributed by atoms with Crippen LogP contribution in [0.1, 0.15) is 25.3 Å². The molecule has 104 valence electrons. The smallest absolute Gasteiger partial charge is 0.161 e. The molecule has 2 N–H and O–H groups in total. The highest BCUT2D eigenvalue weighted by Crippen LogP contribution is 2.29. The molecular weight excluding hydrogens is 262 g/mol. The first kappa shape index (κ1) is 14.1. The molecule has 0 amide bonds. The van der Waals surface area contributed by atoms with Gasteiger partial charge in [-0.1, -0.05) is 12.2 Å². The van der Waals surface area contributed by atoms with E-state index >= 15 is 0 Å². The zero-order chi connectivity index (χ0) is 13.8. The van der Waals surface area contributed by atoms with E-state index in [1.807, 2.05) is 12.1 Å². The number of rotatable bonds is 5. The van der Waals surface area contributed by atoms with E-state index in [0.29, 0.717) is 29.2 Å². The lowest BCUT2D eigenvalue weighted by molar-refractivity contribution is 0.0259. The minimum atomic E-state index is 0.162. The monoisotopic (exact) mass is 281 g/mol. The maximum absolute atomic E-state index is 5.76. The van der Waals surface area contributed by atoms with Crippen LogP contribution in [0.5, 0.6) is 11.5 Å². The summed E-state index contributed by atoms with van der Waals surface area (Å²) in [5, 5.41) is 0. The predicted molar refractivity (Wildman–Crippen MR) is 77.9 cm³/mol. The lowest BCUT2D eigenvalue weighted by Gasteiger charge is -2.15. The normalized spacial score (nSPS) is 22.2. The van der Waals surface area contributed by atoms with E-state index in [0.717, 1.165) is 18.4 Å². The van der Waals surface area contributed by atoms with Crippen molar-refractivity contribution in [2.24, 2.45) is 5.73 Å². The third kappa shape index (κ3) is 3.58. The van der Waals surface area contributed by atoms with E-state index in [2.05, 4.69) is 6.92 Å². The Morgan fingerprint density at radius 2 is 2.21 bits per heavy atom. The van der Waals surface area contributed by atoms with Gasteiger partial charge in [0.1, 0.15) is 11.6 Å². The highest BCUT2D eigenvalue weighted by molar-refractivity contribution is 7.80. The second-order valence-electron chi connectivity index (χ2n) is 4.69. The molecule has 1 heterocycles. The molecule has 1 aromatic carbocycles. The molecule has 0 aromatic heterocycles. The summed E-state index contributed by atoms with van der Waals surface area (Å²) < 4.78 is 16.8. The molecule has 1 aliphatic rings. The number of benzene rings is 1. The fourth-order valence-corrected chi connectivity index (χ4v) is 2.26. The summed E-state index contributed by atoms with van der Waals surface area (Å²) in [6.07, 6.45) is 2.61. The topological polar surface area (TPSA) is 53.7 Å². The van der Waals surface area contributed by atoms with E-state index in [1.165, 1.54) is 0 Å². The molecule has 0 aliphatic carbocycles. The molecule has 1 aromatic rings. The molecule has 0 saturated carbocycles. The maximum Gasteiger partial charge on any atom is 0.161 e. The summed E-state index contributed by atoms with van der Waals surface area (Å²) in [5.41, 5.74) is 6.36. The summed E-state index contributed by atoms with van der Waals surface area (Å²) in [6, 6.07) is 5.44. The number of ether oxygens (including phenoxy) is 3. The Balaban J connectivity index is 2.01. The van der Waals surface area contributed by atoms with Crippen molar-refractivity contribution in [1.82, 2.24) is 0 Å². The van der Waals surface area contributed by atoms with Crippen molar-refractivity contribution in [3.63, 3.8) is 0 Å². The molecule has 2 unspecified atom stereocenters. The highest BCUT2D eigenvalue weighted by Gasteiger charge is 2.22. The summed E-state index contributed by atoms with van der Waals surface area (Å²) >= 11 is 4.94. The zero-order valence-electron chi connectivity index (χ0n) is 11.2. The Kier molecular flexibility index (Phi) is 4.61. The molecule has 2 rings (SSSR count). The minimum Gasteiger partial charge on any atom is -0.493 e. The van der Waals surface area contributed by atoms with Crippen LogP contribution < -0.4 is 15.2 Å². The van der Waals surface area contributed by atoms with Crippen molar-refractivity contribution in [3.8, 4) is 11.5 Å². The quantitative estimate of drug-likeness (QED) is 0.839. The maximum atomic E-state index is 5.76. The molecule has 4 nitrogen and oxygen atoms in total. The SMILES string of the molecule is COc1cc(C(N)=S)ccc1OCC1CCC(C)O1. The van der Waals surface area contributed by atoms with E-state index in [1.54, 1.807) is 13.2 Å². The lowest BCUT2D eigenvalue weighted by Crippen LogP contribution is -2.18. The van der Waals surface area contributed by atoms with Crippen LogP contribution in [0.15, 0.2) is 18.2 Å². The fourth-order valence-electron chi connectivity index (χ4n) is 2.13. The molecule has 1 aliphatic heterocycles. The number of hydrogen-bond donors (Lipinski definition) is 1. The standard InChI is InChI=1S/C14H19NO3S/c1-9-3-5-11(18-9)8-17-12-6-4-10(14(15)19)7-13(12)16-2/h4,6-7,9,11H,3,5,8H2,1-2H3,(H2,15,19). The van der Waals surface area contributed by atoms with Crippen LogP contribution in [-0.4, -0.2) is 30.9 Å². The van der Waals surface area contributed by atoms with Crippen molar-refractivity contribution in [2.75, 3.05) is 13.7 Å². The van der Waals surface area contributed by atoms with Crippen LogP contribution in [-0.2, 0) is 4.74 Å². The summed E-state index contributed by atoms with van der Waals surface area (Å²) in [4.78, 5) is 0.345. The highest BCUT2D eigenvalue weighted by atomic mass is 32.1. The van der Waals surface area contributed by atoms with E-state index in [9.17, 15) is 0 Å². The predicted octanol–water partition coefficient (Wildman–Crippen LogP) is 2.28. The van der Waals surface area contributed by atoms with Gasteiger partial charge in [-0.3, -0.25) is 0 Å². The Morgan fingerprint density at radius 1 is 1.42 bits per heavy atom. The van der Waals surface area contributed by atoms with Gasteiger partial charge in [-0.05, 0) is 38.0 Å². The van der Waals surface area contributed by atoms with Crippen LogP contribution in [0.3, 0.4) is 0 Å². The molecule has 0 radical (unpaired) electrons. The van der Waals surface area contributed by atoms with Gasteiger partial charge >= 0.3 is 0 Å². The van der Waals surface area contributed by atoms with E-state index < -0.39 is 0 Å². The number of nitrogens with two attached hydrogens (primary N) is 1. The molecule has 1 saturated heterocycles. The third-order valence-electron chi connectivity index (χ3n) is 3.19. The molecule has 5 heteroatoms. The van der Waals surface area contributed by atoms with E-state index in [-0.39, 0.29) is 6.10 Å². The van der Waals surface area contributed by atoms with E-state index in [4.69, 9.17) is 32.2 Å². The number of thiocarbonyl (C=S) groups is 1. The summed E-state index contributed by atoms with van der Waals surface area (Å²) in [7, 11) is 1.60. The Morgan fingerprint density at radius 3 is 2.79 bits per heavy atom. The first-order valence-electron chi connectivity index (χ1n) is 6.36. The van der Waals surface area contributed by atoms with Crippen molar-refractivity contribution in [1.29, 1.82) is 0 Å². The average molecular weight is 281 g/mol. The number of hydrogen-bond acceptors (Lipinski definition) is 4. The van der Waals surface area contributed by atoms with Gasteiger partial charge in [-0.2, -0.15) is 0 Å². The van der Waals surface area contributed by atoms with Gasteiger partial charge in [0.2, 0.25) is 0 Å². The Hall–Kier alpha value is -1.33. The van der Waals surface area contributed by atoms with Crippen molar-refractivity contribution in [2.45, 2.75) is 32.0 Å². The second kappa shape index (κ2) is 6.21. The van der Waals surface area contributed by atoms with Gasteiger partial charge in [0, 0.05) is 5.56 Å². The molecular formula is C14H19NO3S. The molecule has 1 fully saturated rings. The number of methoxy groups -OCH3 is 1. The largest absolute Gasteiger partial charge is 0.493 e. The van der Waals surface area contributed by atoms with Gasteiger partial charge in [0.15, 0.2) is 11.5 Å². The fraction of sp³-hybridized carbons (Fsp3) is 0.500. The van der Waals surface area contributed by atoms with Crippen molar-refractivity contribution < 1.29 is 14.2 Å². The Labute approximate surface area is 118 Å². The average Bonchev–Trinajstić information content (AvgIpc) is 2.81. The first-order valence-corrected chi connectivity index (χ1v) is 6.77. The second-order valence-corrected chi connectivity index (χ2v) is 5.13. The Bertz CT molecular complexity index is 464. The van der Waals surface area contributed by atoms with Gasteiger partial charge in [-0.15, -0.1) is 0 Å². The van der Waals surface area contributed by atoms with Gasteiger partial charge < -0.3 is 19.9 Å². The zero-order valence-corrected chi connectivity index (χ0v) is 12.0. The van der Waals surface area contributed by atoms with Crippen LogP contribution >= 0.6 is 12.2 Å². The van der Waals surface area contributed by atoms with Gasteiger partial charge in [-0.25, -0.2) is 0 Å². The summed E-state index contributed by atoms with van der Waals surface area (Å²) in [5.74, 6) is 1.32. The van der Waals surface area contributed by atoms with Crippen LogP contribution in [0, 0.1) is 0 Å². The lowest BCUT2D eigenvalue weighted by atomic mass is 10.2. The van der Waals surface area contributed by atoms with Crippen LogP contribution in [0.25, 0.3) is 0 Å². The van der Waals surface area contributed by atoms with Gasteiger partial charge in [0.25, 0.3) is 0 Å². The summed E-state index contributed by atoms with van der Waals surface area (Å²) in [6.45, 7) is 2.62. The van der Waals surface area contributed by atoms with Crippen molar-refractivity contribution >= 4 is 17.2 Å². The molecule has 0 spiro atoms. The first-order chi connectivity index (χ1) is 9.10. The van der Waals surface area contributed by atoms with Crippen LogP contribution in [0.4, 0.5) is 0 Å². The molecule has 19 heavy (non-hydrogen) atoms. The van der Waals surface area contributed by atoms with Crippen LogP contribution in [0.2, 0.25) is 0 Å². The minimum absolute atomic E-state index is 0.162. The molecule has 0 bridgehead atoms. The van der Waals surface area contributed by atoms with Crippen molar-refractivity contribution in [3.05, 3.63) is 23.8 Å². The third-order valence-corrected chi connectivity index (χ3v) is 3.43. The molecule has 2 atom stereocenters.